The van der Waals surface area contributed by atoms with Gasteiger partial charge < -0.3 is 10.1 Å². The van der Waals surface area contributed by atoms with E-state index < -0.39 is 0 Å². The van der Waals surface area contributed by atoms with Crippen molar-refractivity contribution >= 4 is 5.71 Å². The summed E-state index contributed by atoms with van der Waals surface area (Å²) in [6.07, 6.45) is 5.05. The summed E-state index contributed by atoms with van der Waals surface area (Å²) in [7, 11) is 0. The maximum Gasteiger partial charge on any atom is 0.206 e. The minimum absolute atomic E-state index is 0.626. The summed E-state index contributed by atoms with van der Waals surface area (Å²) in [6.45, 7) is 3.73. The lowest BCUT2D eigenvalue weighted by atomic mass is 10.1. The molecule has 0 aliphatic carbocycles. The molecule has 1 heterocycles. The summed E-state index contributed by atoms with van der Waals surface area (Å²) in [5.41, 5.74) is 0.626. The third kappa shape index (κ3) is 2.91. The van der Waals surface area contributed by atoms with Gasteiger partial charge in [-0.05, 0) is 12.8 Å². The van der Waals surface area contributed by atoms with Crippen molar-refractivity contribution in [3.63, 3.8) is 0 Å². The zero-order chi connectivity index (χ0) is 8.81. The highest BCUT2D eigenvalue weighted by molar-refractivity contribution is 5.92. The number of ether oxygens (including phenoxy) is 1. The third-order valence-corrected chi connectivity index (χ3v) is 1.94. The topological polar surface area (TPSA) is 45.1 Å². The quantitative estimate of drug-likeness (QED) is 0.486. The molecule has 0 spiro atoms. The van der Waals surface area contributed by atoms with Crippen molar-refractivity contribution in [3.8, 4) is 0 Å². The Balaban J connectivity index is 2.10. The van der Waals surface area contributed by atoms with E-state index in [4.69, 9.17) is 10.1 Å². The summed E-state index contributed by atoms with van der Waals surface area (Å²) < 4.78 is 5.23. The highest BCUT2D eigenvalue weighted by atomic mass is 16.5. The molecule has 0 amide bonds. The predicted octanol–water partition coefficient (Wildman–Crippen LogP) is 1.70. The first-order valence-electron chi connectivity index (χ1n) is 4.66. The van der Waals surface area contributed by atoms with Gasteiger partial charge in [0.05, 0.1) is 12.3 Å². The van der Waals surface area contributed by atoms with Gasteiger partial charge in [0.2, 0.25) is 6.23 Å². The van der Waals surface area contributed by atoms with Gasteiger partial charge in [-0.3, -0.25) is 5.32 Å². The lowest BCUT2D eigenvalue weighted by Gasteiger charge is -2.08. The molecular weight excluding hydrogens is 152 g/mol. The van der Waals surface area contributed by atoms with E-state index in [1.807, 2.05) is 0 Å². The first-order chi connectivity index (χ1) is 5.84. The number of hydrogen-bond donors (Lipinski definition) is 2. The van der Waals surface area contributed by atoms with Crippen molar-refractivity contribution in [2.24, 2.45) is 0 Å². The second-order valence-corrected chi connectivity index (χ2v) is 3.04. The molecule has 1 aliphatic rings. The summed E-state index contributed by atoms with van der Waals surface area (Å²) in [4.78, 5) is 0. The Morgan fingerprint density at radius 1 is 1.58 bits per heavy atom. The fraction of sp³-hybridized carbons (Fsp3) is 0.778. The molecule has 1 radical (unpaired) electrons. The number of hydrogen-bond acceptors (Lipinski definition) is 3. The van der Waals surface area contributed by atoms with Crippen LogP contribution in [0.4, 0.5) is 0 Å². The molecule has 69 valence electrons. The number of unbranched alkanes of at least 4 members (excludes halogenated alkanes) is 2. The molecule has 0 aromatic heterocycles. The van der Waals surface area contributed by atoms with E-state index in [-0.39, 0.29) is 0 Å². The molecule has 3 nitrogen and oxygen atoms in total. The van der Waals surface area contributed by atoms with Crippen LogP contribution in [-0.2, 0) is 4.74 Å². The standard InChI is InChI=1S/C9H17N2O/c1-2-3-4-5-8(10)9-11-6-7-12-9/h10-11H,2-7H2,1H3. The number of rotatable bonds is 5. The van der Waals surface area contributed by atoms with Crippen molar-refractivity contribution < 1.29 is 4.74 Å². The minimum Gasteiger partial charge on any atom is -0.349 e. The molecule has 3 heteroatoms. The monoisotopic (exact) mass is 169 g/mol. The van der Waals surface area contributed by atoms with E-state index in [1.54, 1.807) is 0 Å². The van der Waals surface area contributed by atoms with Gasteiger partial charge in [-0.25, -0.2) is 0 Å². The van der Waals surface area contributed by atoms with Crippen molar-refractivity contribution in [2.45, 2.75) is 32.6 Å². The Morgan fingerprint density at radius 3 is 3.00 bits per heavy atom. The van der Waals surface area contributed by atoms with Crippen LogP contribution in [0.15, 0.2) is 0 Å². The second kappa shape index (κ2) is 5.27. The van der Waals surface area contributed by atoms with Gasteiger partial charge in [0, 0.05) is 6.54 Å². The molecule has 0 saturated carbocycles. The van der Waals surface area contributed by atoms with Gasteiger partial charge in [-0.2, -0.15) is 0 Å². The van der Waals surface area contributed by atoms with Crippen LogP contribution in [0, 0.1) is 11.6 Å². The SMILES string of the molecule is CCCCCC(=N)[C]1NCCO1. The normalized spacial score (nSPS) is 18.4. The van der Waals surface area contributed by atoms with Crippen molar-refractivity contribution in [1.82, 2.24) is 5.32 Å². The fourth-order valence-corrected chi connectivity index (χ4v) is 1.23. The van der Waals surface area contributed by atoms with E-state index in [0.717, 1.165) is 19.4 Å². The van der Waals surface area contributed by atoms with Gasteiger partial charge >= 0.3 is 0 Å². The van der Waals surface area contributed by atoms with Crippen LogP contribution in [0.5, 0.6) is 0 Å². The van der Waals surface area contributed by atoms with E-state index in [1.165, 1.54) is 12.8 Å². The van der Waals surface area contributed by atoms with E-state index >= 15 is 0 Å². The van der Waals surface area contributed by atoms with Gasteiger partial charge in [0.25, 0.3) is 0 Å². The van der Waals surface area contributed by atoms with Crippen molar-refractivity contribution in [1.29, 1.82) is 5.41 Å². The highest BCUT2D eigenvalue weighted by Crippen LogP contribution is 2.11. The zero-order valence-electron chi connectivity index (χ0n) is 7.65. The van der Waals surface area contributed by atoms with Gasteiger partial charge in [-0.15, -0.1) is 0 Å². The lowest BCUT2D eigenvalue weighted by molar-refractivity contribution is 0.226. The molecule has 1 saturated heterocycles. The first kappa shape index (κ1) is 9.68. The molecule has 0 aromatic carbocycles. The van der Waals surface area contributed by atoms with Crippen LogP contribution in [0.25, 0.3) is 0 Å². The zero-order valence-corrected chi connectivity index (χ0v) is 7.65. The molecule has 12 heavy (non-hydrogen) atoms. The summed E-state index contributed by atoms with van der Waals surface area (Å²) >= 11 is 0. The molecule has 0 atom stereocenters. The Bertz CT molecular complexity index is 141. The van der Waals surface area contributed by atoms with Crippen molar-refractivity contribution in [3.05, 3.63) is 6.23 Å². The van der Waals surface area contributed by atoms with Crippen LogP contribution in [-0.4, -0.2) is 18.9 Å². The second-order valence-electron chi connectivity index (χ2n) is 3.04. The summed E-state index contributed by atoms with van der Waals surface area (Å²) in [5.74, 6) is 0. The third-order valence-electron chi connectivity index (χ3n) is 1.94. The summed E-state index contributed by atoms with van der Waals surface area (Å²) in [5, 5.41) is 10.7. The smallest absolute Gasteiger partial charge is 0.206 e. The van der Waals surface area contributed by atoms with Crippen LogP contribution in [0.1, 0.15) is 32.6 Å². The average molecular weight is 169 g/mol. The molecule has 1 rings (SSSR count). The summed E-state index contributed by atoms with van der Waals surface area (Å²) in [6, 6.07) is 0. The molecule has 2 N–H and O–H groups in total. The maximum absolute atomic E-state index is 7.64. The Hall–Kier alpha value is -0.410. The van der Waals surface area contributed by atoms with Crippen LogP contribution in [0.3, 0.4) is 0 Å². The molecule has 1 aliphatic heterocycles. The maximum atomic E-state index is 7.64. The fourth-order valence-electron chi connectivity index (χ4n) is 1.23. The molecule has 0 bridgehead atoms. The predicted molar refractivity (Wildman–Crippen MR) is 49.1 cm³/mol. The van der Waals surface area contributed by atoms with Crippen molar-refractivity contribution in [2.75, 3.05) is 13.2 Å². The van der Waals surface area contributed by atoms with E-state index in [0.29, 0.717) is 18.5 Å². The Labute approximate surface area is 74.0 Å². The Kier molecular flexibility index (Phi) is 4.25. The van der Waals surface area contributed by atoms with Gasteiger partial charge in [0.1, 0.15) is 0 Å². The van der Waals surface area contributed by atoms with E-state index in [2.05, 4.69) is 12.2 Å². The van der Waals surface area contributed by atoms with E-state index in [9.17, 15) is 0 Å². The van der Waals surface area contributed by atoms with Crippen LogP contribution >= 0.6 is 0 Å². The average Bonchev–Trinajstić information content (AvgIpc) is 2.56. The van der Waals surface area contributed by atoms with Crippen LogP contribution in [0.2, 0.25) is 0 Å². The minimum atomic E-state index is 0.626. The molecular formula is C9H17N2O. The van der Waals surface area contributed by atoms with Crippen LogP contribution < -0.4 is 5.32 Å². The Morgan fingerprint density at radius 2 is 2.42 bits per heavy atom. The lowest BCUT2D eigenvalue weighted by Crippen LogP contribution is -2.22. The molecule has 0 aromatic rings. The van der Waals surface area contributed by atoms with Gasteiger partial charge in [0.15, 0.2) is 0 Å². The largest absolute Gasteiger partial charge is 0.349 e. The number of nitrogens with one attached hydrogen (secondary N) is 2. The van der Waals surface area contributed by atoms with Gasteiger partial charge in [-0.1, -0.05) is 19.8 Å². The highest BCUT2D eigenvalue weighted by Gasteiger charge is 2.20. The molecule has 1 fully saturated rings. The first-order valence-corrected chi connectivity index (χ1v) is 4.66. The molecule has 0 unspecified atom stereocenters.